The van der Waals surface area contributed by atoms with E-state index in [9.17, 15) is 0 Å². The Labute approximate surface area is 64.0 Å². The van der Waals surface area contributed by atoms with Gasteiger partial charge in [-0.15, -0.1) is 5.73 Å². The van der Waals surface area contributed by atoms with Gasteiger partial charge in [-0.05, 0) is 31.4 Å². The second-order valence-corrected chi connectivity index (χ2v) is 2.68. The van der Waals surface area contributed by atoms with Gasteiger partial charge in [-0.2, -0.15) is 0 Å². The summed E-state index contributed by atoms with van der Waals surface area (Å²) in [5, 5.41) is 0. The maximum absolute atomic E-state index is 2.99. The molecule has 0 aromatic carbocycles. The number of allylic oxidation sites excluding steroid dienone is 3. The maximum atomic E-state index is 2.99. The molecule has 0 nitrogen and oxygen atoms in total. The molecule has 0 aliphatic heterocycles. The summed E-state index contributed by atoms with van der Waals surface area (Å²) >= 11 is 0. The number of rotatable bonds is 3. The van der Waals surface area contributed by atoms with Crippen LogP contribution in [0.5, 0.6) is 0 Å². The molecular weight excluding hydrogens is 120 g/mol. The molecule has 0 heterocycles. The molecule has 0 aliphatic rings. The Bertz CT molecular complexity index is 143. The Kier molecular flexibility index (Phi) is 5.91. The van der Waals surface area contributed by atoms with Crippen LogP contribution in [0.3, 0.4) is 0 Å². The molecule has 0 aliphatic carbocycles. The molecule has 10 heavy (non-hydrogen) atoms. The van der Waals surface area contributed by atoms with E-state index in [-0.39, 0.29) is 0 Å². The lowest BCUT2D eigenvalue weighted by Gasteiger charge is -1.93. The summed E-state index contributed by atoms with van der Waals surface area (Å²) in [5.41, 5.74) is 2.99. The van der Waals surface area contributed by atoms with E-state index >= 15 is 0 Å². The van der Waals surface area contributed by atoms with Gasteiger partial charge in [-0.3, -0.25) is 0 Å². The largest absolute Gasteiger partial charge is 0.126 e. The van der Waals surface area contributed by atoms with E-state index < -0.39 is 0 Å². The lowest BCUT2D eigenvalue weighted by Crippen LogP contribution is -1.80. The third-order valence-electron chi connectivity index (χ3n) is 1.10. The highest BCUT2D eigenvalue weighted by Gasteiger charge is 1.84. The number of hydrogen-bond acceptors (Lipinski definition) is 0. The van der Waals surface area contributed by atoms with Crippen molar-refractivity contribution in [2.75, 3.05) is 0 Å². The van der Waals surface area contributed by atoms with Crippen LogP contribution in [0, 0.1) is 5.92 Å². The minimum Gasteiger partial charge on any atom is -0.126 e. The van der Waals surface area contributed by atoms with Gasteiger partial charge >= 0.3 is 0 Å². The predicted molar refractivity (Wildman–Crippen MR) is 46.9 cm³/mol. The molecule has 0 fully saturated rings. The van der Waals surface area contributed by atoms with Gasteiger partial charge in [0.05, 0.1) is 0 Å². The molecule has 0 aromatic heterocycles. The average molecular weight is 136 g/mol. The van der Waals surface area contributed by atoms with Gasteiger partial charge in [0.1, 0.15) is 0 Å². The van der Waals surface area contributed by atoms with Gasteiger partial charge in [0, 0.05) is 0 Å². The van der Waals surface area contributed by atoms with Crippen molar-refractivity contribution < 1.29 is 0 Å². The smallest absolute Gasteiger partial charge is 0.0206 e. The van der Waals surface area contributed by atoms with Crippen molar-refractivity contribution in [3.63, 3.8) is 0 Å². The Hall–Kier alpha value is -0.740. The van der Waals surface area contributed by atoms with E-state index in [1.165, 1.54) is 0 Å². The van der Waals surface area contributed by atoms with Crippen LogP contribution < -0.4 is 0 Å². The third kappa shape index (κ3) is 7.26. The van der Waals surface area contributed by atoms with Crippen molar-refractivity contribution in [1.29, 1.82) is 0 Å². The zero-order chi connectivity index (χ0) is 7.82. The molecule has 0 radical (unpaired) electrons. The first-order chi connectivity index (χ1) is 4.77. The monoisotopic (exact) mass is 136 g/mol. The fraction of sp³-hybridized carbons (Fsp3) is 0.500. The van der Waals surface area contributed by atoms with Gasteiger partial charge < -0.3 is 0 Å². The van der Waals surface area contributed by atoms with E-state index in [4.69, 9.17) is 0 Å². The quantitative estimate of drug-likeness (QED) is 0.412. The molecule has 56 valence electrons. The van der Waals surface area contributed by atoms with Crippen LogP contribution in [-0.2, 0) is 0 Å². The summed E-state index contributed by atoms with van der Waals surface area (Å²) in [5.74, 6) is 0.759. The molecule has 0 heteroatoms. The van der Waals surface area contributed by atoms with Crippen molar-refractivity contribution in [1.82, 2.24) is 0 Å². The Morgan fingerprint density at radius 2 is 2.10 bits per heavy atom. The highest BCUT2D eigenvalue weighted by atomic mass is 13.9. The van der Waals surface area contributed by atoms with Gasteiger partial charge in [-0.25, -0.2) is 0 Å². The maximum Gasteiger partial charge on any atom is -0.0206 e. The molecular formula is C10H16. The van der Waals surface area contributed by atoms with Crippen LogP contribution in [0.1, 0.15) is 27.2 Å². The molecule has 0 aromatic rings. The van der Waals surface area contributed by atoms with Crippen molar-refractivity contribution in [2.24, 2.45) is 5.92 Å². The van der Waals surface area contributed by atoms with Gasteiger partial charge in [0.2, 0.25) is 0 Å². The summed E-state index contributed by atoms with van der Waals surface area (Å²) in [4.78, 5) is 0. The van der Waals surface area contributed by atoms with Crippen LogP contribution in [0.25, 0.3) is 0 Å². The van der Waals surface area contributed by atoms with Gasteiger partial charge in [0.25, 0.3) is 0 Å². The second kappa shape index (κ2) is 6.38. The zero-order valence-electron chi connectivity index (χ0n) is 7.09. The Morgan fingerprint density at radius 1 is 1.40 bits per heavy atom. The van der Waals surface area contributed by atoms with Crippen LogP contribution in [0.15, 0.2) is 30.0 Å². The fourth-order valence-corrected chi connectivity index (χ4v) is 0.571. The fourth-order valence-electron chi connectivity index (χ4n) is 0.571. The van der Waals surface area contributed by atoms with E-state index in [1.54, 1.807) is 0 Å². The van der Waals surface area contributed by atoms with Crippen LogP contribution in [-0.4, -0.2) is 0 Å². The highest BCUT2D eigenvalue weighted by molar-refractivity contribution is 5.01. The van der Waals surface area contributed by atoms with Crippen LogP contribution in [0.2, 0.25) is 0 Å². The minimum atomic E-state index is 0.759. The Balaban J connectivity index is 3.47. The molecule has 0 amide bonds. The first-order valence-electron chi connectivity index (χ1n) is 3.79. The summed E-state index contributed by atoms with van der Waals surface area (Å²) in [7, 11) is 0. The van der Waals surface area contributed by atoms with E-state index in [1.807, 2.05) is 25.2 Å². The summed E-state index contributed by atoms with van der Waals surface area (Å²) in [6.45, 7) is 6.39. The normalized spacial score (nSPS) is 10.0. The molecule has 0 rings (SSSR count). The molecule has 0 saturated carbocycles. The van der Waals surface area contributed by atoms with E-state index in [2.05, 4.69) is 25.7 Å². The number of hydrogen-bond donors (Lipinski definition) is 0. The van der Waals surface area contributed by atoms with Crippen molar-refractivity contribution in [2.45, 2.75) is 27.2 Å². The van der Waals surface area contributed by atoms with Crippen LogP contribution >= 0.6 is 0 Å². The summed E-state index contributed by atoms with van der Waals surface area (Å²) < 4.78 is 0. The van der Waals surface area contributed by atoms with Crippen molar-refractivity contribution in [3.05, 3.63) is 30.0 Å². The molecule has 0 spiro atoms. The molecule has 0 atom stereocenters. The Morgan fingerprint density at radius 3 is 2.60 bits per heavy atom. The first kappa shape index (κ1) is 9.26. The molecule has 0 bridgehead atoms. The van der Waals surface area contributed by atoms with Gasteiger partial charge in [0.15, 0.2) is 0 Å². The lowest BCUT2D eigenvalue weighted by atomic mass is 10.1. The zero-order valence-corrected chi connectivity index (χ0v) is 7.09. The molecule has 0 saturated heterocycles. The topological polar surface area (TPSA) is 0 Å². The SMILES string of the molecule is CC=C=CC=CCC(C)C. The van der Waals surface area contributed by atoms with E-state index in [0.29, 0.717) is 0 Å². The molecule has 0 unspecified atom stereocenters. The van der Waals surface area contributed by atoms with Crippen LogP contribution in [0.4, 0.5) is 0 Å². The molecule has 0 N–H and O–H groups in total. The standard InChI is InChI=1S/C10H16/c1-4-5-6-7-8-9-10(2)3/h4,6-8,10H,9H2,1-3H3. The first-order valence-corrected chi connectivity index (χ1v) is 3.79. The lowest BCUT2D eigenvalue weighted by molar-refractivity contribution is 0.664. The highest BCUT2D eigenvalue weighted by Crippen LogP contribution is 1.99. The van der Waals surface area contributed by atoms with Gasteiger partial charge in [-0.1, -0.05) is 26.0 Å². The van der Waals surface area contributed by atoms with E-state index in [0.717, 1.165) is 12.3 Å². The summed E-state index contributed by atoms with van der Waals surface area (Å²) in [6.07, 6.45) is 9.20. The third-order valence-corrected chi connectivity index (χ3v) is 1.10. The minimum absolute atomic E-state index is 0.759. The second-order valence-electron chi connectivity index (χ2n) is 2.68. The average Bonchev–Trinajstić information content (AvgIpc) is 1.87. The predicted octanol–water partition coefficient (Wildman–Crippen LogP) is 3.32. The summed E-state index contributed by atoms with van der Waals surface area (Å²) in [6, 6.07) is 0. The van der Waals surface area contributed by atoms with Crippen molar-refractivity contribution in [3.8, 4) is 0 Å². The van der Waals surface area contributed by atoms with Crippen molar-refractivity contribution >= 4 is 0 Å².